The van der Waals surface area contributed by atoms with Gasteiger partial charge in [0, 0.05) is 49.4 Å². The van der Waals surface area contributed by atoms with Gasteiger partial charge in [-0.25, -0.2) is 0 Å². The summed E-state index contributed by atoms with van der Waals surface area (Å²) in [6, 6.07) is 11.7. The zero-order valence-electron chi connectivity index (χ0n) is 16.1. The average Bonchev–Trinajstić information content (AvgIpc) is 2.74. The van der Waals surface area contributed by atoms with E-state index >= 15 is 0 Å². The Morgan fingerprint density at radius 1 is 0.931 bits per heavy atom. The van der Waals surface area contributed by atoms with Gasteiger partial charge in [0.05, 0.1) is 6.54 Å². The molecule has 7 nitrogen and oxygen atoms in total. The van der Waals surface area contributed by atoms with Crippen LogP contribution in [0.25, 0.3) is 0 Å². The van der Waals surface area contributed by atoms with Gasteiger partial charge < -0.3 is 15.3 Å². The van der Waals surface area contributed by atoms with Crippen molar-refractivity contribution < 1.29 is 19.5 Å². The number of piperazine rings is 1. The van der Waals surface area contributed by atoms with Crippen molar-refractivity contribution in [2.24, 2.45) is 0 Å². The van der Waals surface area contributed by atoms with Gasteiger partial charge in [-0.3, -0.25) is 19.3 Å². The van der Waals surface area contributed by atoms with Crippen LogP contribution in [0.3, 0.4) is 0 Å². The number of phenols is 1. The minimum absolute atomic E-state index is 0.00140. The van der Waals surface area contributed by atoms with Crippen molar-refractivity contribution >= 4 is 23.3 Å². The third kappa shape index (κ3) is 4.30. The minimum Gasteiger partial charge on any atom is -0.508 e. The van der Waals surface area contributed by atoms with Gasteiger partial charge in [-0.15, -0.1) is 0 Å². The Hall–Kier alpha value is -3.19. The number of hydrogen-bond donors (Lipinski definition) is 2. The molecule has 0 spiro atoms. The standard InChI is InChI=1S/C22H23N3O4/c26-18-5-1-15(2-6-18)20(27)14-24-9-11-25(12-10-24)22(29)17-3-7-19-16(13-17)4-8-21(28)23-19/h1-3,5-7,13,26H,4,8-12,14H2,(H,23,28). The van der Waals surface area contributed by atoms with Crippen LogP contribution in [0.4, 0.5) is 5.69 Å². The maximum Gasteiger partial charge on any atom is 0.253 e. The Morgan fingerprint density at radius 3 is 2.34 bits per heavy atom. The van der Waals surface area contributed by atoms with Crippen LogP contribution < -0.4 is 5.32 Å². The zero-order chi connectivity index (χ0) is 20.4. The Labute approximate surface area is 168 Å². The summed E-state index contributed by atoms with van der Waals surface area (Å²) in [5.74, 6) is 0.128. The summed E-state index contributed by atoms with van der Waals surface area (Å²) < 4.78 is 0. The van der Waals surface area contributed by atoms with Crippen LogP contribution in [0.15, 0.2) is 42.5 Å². The van der Waals surface area contributed by atoms with Crippen LogP contribution in [0, 0.1) is 0 Å². The topological polar surface area (TPSA) is 90.0 Å². The van der Waals surface area contributed by atoms with Gasteiger partial charge in [-0.1, -0.05) is 0 Å². The first-order valence-electron chi connectivity index (χ1n) is 9.76. The molecule has 0 radical (unpaired) electrons. The second-order valence-corrected chi connectivity index (χ2v) is 7.46. The molecule has 2 aromatic carbocycles. The first kappa shape index (κ1) is 19.1. The number of benzene rings is 2. The lowest BCUT2D eigenvalue weighted by Gasteiger charge is -2.34. The lowest BCUT2D eigenvalue weighted by molar-refractivity contribution is -0.116. The van der Waals surface area contributed by atoms with E-state index in [0.717, 1.165) is 11.3 Å². The van der Waals surface area contributed by atoms with E-state index in [1.54, 1.807) is 24.3 Å². The van der Waals surface area contributed by atoms with Crippen molar-refractivity contribution in [3.8, 4) is 5.75 Å². The number of amides is 2. The lowest BCUT2D eigenvalue weighted by Crippen LogP contribution is -2.49. The highest BCUT2D eigenvalue weighted by atomic mass is 16.3. The molecule has 0 aliphatic carbocycles. The monoisotopic (exact) mass is 393 g/mol. The largest absolute Gasteiger partial charge is 0.508 e. The van der Waals surface area contributed by atoms with Crippen LogP contribution in [0.1, 0.15) is 32.7 Å². The predicted molar refractivity (Wildman–Crippen MR) is 108 cm³/mol. The number of carbonyl (C=O) groups excluding carboxylic acids is 3. The number of nitrogens with zero attached hydrogens (tertiary/aromatic N) is 2. The van der Waals surface area contributed by atoms with Gasteiger partial charge in [-0.2, -0.15) is 0 Å². The Morgan fingerprint density at radius 2 is 1.62 bits per heavy atom. The maximum absolute atomic E-state index is 12.9. The summed E-state index contributed by atoms with van der Waals surface area (Å²) in [6.45, 7) is 2.70. The van der Waals surface area contributed by atoms with Crippen molar-refractivity contribution in [1.82, 2.24) is 9.80 Å². The Kier molecular flexibility index (Phi) is 5.31. The molecule has 2 heterocycles. The smallest absolute Gasteiger partial charge is 0.253 e. The third-order valence-corrected chi connectivity index (χ3v) is 5.46. The highest BCUT2D eigenvalue weighted by Crippen LogP contribution is 2.24. The molecule has 7 heteroatoms. The molecule has 0 atom stereocenters. The summed E-state index contributed by atoms with van der Waals surface area (Å²) in [6.07, 6.45) is 1.09. The number of aromatic hydroxyl groups is 1. The molecule has 2 N–H and O–H groups in total. The number of aryl methyl sites for hydroxylation is 1. The number of nitrogens with one attached hydrogen (secondary N) is 1. The normalized spacial score (nSPS) is 16.8. The fraction of sp³-hybridized carbons (Fsp3) is 0.318. The maximum atomic E-state index is 12.9. The van der Waals surface area contributed by atoms with Gasteiger partial charge in [-0.05, 0) is 54.4 Å². The second-order valence-electron chi connectivity index (χ2n) is 7.46. The van der Waals surface area contributed by atoms with E-state index in [1.807, 2.05) is 15.9 Å². The fourth-order valence-corrected chi connectivity index (χ4v) is 3.75. The van der Waals surface area contributed by atoms with Gasteiger partial charge in [0.15, 0.2) is 5.78 Å². The molecular weight excluding hydrogens is 370 g/mol. The van der Waals surface area contributed by atoms with Crippen molar-refractivity contribution in [2.75, 3.05) is 38.0 Å². The van der Waals surface area contributed by atoms with E-state index in [1.165, 1.54) is 12.1 Å². The molecule has 0 saturated carbocycles. The van der Waals surface area contributed by atoms with Gasteiger partial charge >= 0.3 is 0 Å². The SMILES string of the molecule is O=C1CCc2cc(C(=O)N3CCN(CC(=O)c4ccc(O)cc4)CC3)ccc2N1. The second kappa shape index (κ2) is 8.05. The van der Waals surface area contributed by atoms with E-state index in [0.29, 0.717) is 56.7 Å². The van der Waals surface area contributed by atoms with E-state index in [2.05, 4.69) is 5.32 Å². The highest BCUT2D eigenvalue weighted by Gasteiger charge is 2.25. The van der Waals surface area contributed by atoms with Crippen LogP contribution in [0.5, 0.6) is 5.75 Å². The molecule has 2 aromatic rings. The molecule has 0 bridgehead atoms. The summed E-state index contributed by atoms with van der Waals surface area (Å²) in [4.78, 5) is 40.6. The molecule has 29 heavy (non-hydrogen) atoms. The number of anilines is 1. The molecule has 150 valence electrons. The van der Waals surface area contributed by atoms with Crippen molar-refractivity contribution in [2.45, 2.75) is 12.8 Å². The number of phenolic OH excluding ortho intramolecular Hbond substituents is 1. The van der Waals surface area contributed by atoms with Gasteiger partial charge in [0.2, 0.25) is 5.91 Å². The molecule has 0 unspecified atom stereocenters. The number of ketones is 1. The molecule has 1 saturated heterocycles. The molecule has 2 aliphatic heterocycles. The zero-order valence-corrected chi connectivity index (χ0v) is 16.1. The summed E-state index contributed by atoms with van der Waals surface area (Å²) in [5.41, 5.74) is 2.99. The molecule has 2 amide bonds. The number of carbonyl (C=O) groups is 3. The first-order valence-corrected chi connectivity index (χ1v) is 9.76. The Bertz CT molecular complexity index is 947. The van der Waals surface area contributed by atoms with E-state index in [4.69, 9.17) is 0 Å². The molecular formula is C22H23N3O4. The van der Waals surface area contributed by atoms with Gasteiger partial charge in [0.1, 0.15) is 5.75 Å². The fourth-order valence-electron chi connectivity index (χ4n) is 3.75. The van der Waals surface area contributed by atoms with Crippen LogP contribution in [-0.4, -0.2) is 65.2 Å². The number of hydrogen-bond acceptors (Lipinski definition) is 5. The summed E-state index contributed by atoms with van der Waals surface area (Å²) in [5, 5.41) is 12.2. The quantitative estimate of drug-likeness (QED) is 0.775. The van der Waals surface area contributed by atoms with E-state index in [9.17, 15) is 19.5 Å². The third-order valence-electron chi connectivity index (χ3n) is 5.46. The Balaban J connectivity index is 1.33. The van der Waals surface area contributed by atoms with Crippen LogP contribution >= 0.6 is 0 Å². The molecule has 4 rings (SSSR count). The predicted octanol–water partition coefficient (Wildman–Crippen LogP) is 1.92. The minimum atomic E-state index is -0.0192. The number of Topliss-reactive ketones (excluding diaryl/α,β-unsaturated/α-hetero) is 1. The van der Waals surface area contributed by atoms with Crippen molar-refractivity contribution in [3.05, 3.63) is 59.2 Å². The number of fused-ring (bicyclic) bond motifs is 1. The van der Waals surface area contributed by atoms with Gasteiger partial charge in [0.25, 0.3) is 5.91 Å². The highest BCUT2D eigenvalue weighted by molar-refractivity contribution is 5.98. The molecule has 2 aliphatic rings. The lowest BCUT2D eigenvalue weighted by atomic mass is 10.00. The summed E-state index contributed by atoms with van der Waals surface area (Å²) in [7, 11) is 0. The van der Waals surface area contributed by atoms with Crippen LogP contribution in [0.2, 0.25) is 0 Å². The molecule has 1 fully saturated rings. The van der Waals surface area contributed by atoms with E-state index < -0.39 is 0 Å². The average molecular weight is 393 g/mol. The van der Waals surface area contributed by atoms with Crippen LogP contribution in [-0.2, 0) is 11.2 Å². The number of rotatable bonds is 4. The summed E-state index contributed by atoms with van der Waals surface area (Å²) >= 11 is 0. The van der Waals surface area contributed by atoms with Crippen molar-refractivity contribution in [1.29, 1.82) is 0 Å². The van der Waals surface area contributed by atoms with Crippen molar-refractivity contribution in [3.63, 3.8) is 0 Å². The first-order chi connectivity index (χ1) is 14.0. The van der Waals surface area contributed by atoms with E-state index in [-0.39, 0.29) is 23.3 Å². The molecule has 0 aromatic heterocycles.